The molecule has 3 aromatic carbocycles. The van der Waals surface area contributed by atoms with E-state index in [0.717, 1.165) is 10.1 Å². The highest BCUT2D eigenvalue weighted by Crippen LogP contribution is 2.37. The maximum absolute atomic E-state index is 12.8. The van der Waals surface area contributed by atoms with Crippen molar-refractivity contribution in [3.8, 4) is 11.5 Å². The van der Waals surface area contributed by atoms with E-state index < -0.39 is 5.91 Å². The topological polar surface area (TPSA) is 67.2 Å². The Morgan fingerprint density at radius 2 is 1.74 bits per heavy atom. The Labute approximate surface area is 222 Å². The van der Waals surface area contributed by atoms with E-state index in [-0.39, 0.29) is 5.11 Å². The molecule has 5 rings (SSSR count). The van der Waals surface area contributed by atoms with Crippen LogP contribution in [0.15, 0.2) is 59.0 Å². The Bertz CT molecular complexity index is 1610. The van der Waals surface area contributed by atoms with Crippen molar-refractivity contribution in [2.24, 2.45) is 0 Å². The van der Waals surface area contributed by atoms with E-state index in [1.807, 2.05) is 0 Å². The molecule has 2 aromatic heterocycles. The fraction of sp³-hybridized carbons (Fsp3) is 0. The number of thiocarbonyl (C=S) groups is 1. The second-order valence-electron chi connectivity index (χ2n) is 7.12. The lowest BCUT2D eigenvalue weighted by molar-refractivity contribution is 0.0982. The molecule has 5 nitrogen and oxygen atoms in total. The van der Waals surface area contributed by atoms with Crippen molar-refractivity contribution in [2.75, 3.05) is 5.32 Å². The molecule has 0 spiro atoms. The molecular formula is C23H11Cl4N3O2S2. The fourth-order valence-electron chi connectivity index (χ4n) is 3.29. The zero-order valence-electron chi connectivity index (χ0n) is 16.8. The molecule has 0 saturated carbocycles. The summed E-state index contributed by atoms with van der Waals surface area (Å²) in [6.07, 6.45) is 0. The third-order valence-corrected chi connectivity index (χ3v) is 7.47. The monoisotopic (exact) mass is 565 g/mol. The number of rotatable bonds is 3. The highest BCUT2D eigenvalue weighted by Gasteiger charge is 2.19. The van der Waals surface area contributed by atoms with Gasteiger partial charge < -0.3 is 9.73 Å². The number of benzene rings is 3. The first-order valence-electron chi connectivity index (χ1n) is 9.64. The van der Waals surface area contributed by atoms with Crippen LogP contribution in [-0.4, -0.2) is 16.0 Å². The van der Waals surface area contributed by atoms with Gasteiger partial charge in [-0.05, 0) is 60.7 Å². The first kappa shape index (κ1) is 23.4. The average Bonchev–Trinajstić information content (AvgIpc) is 3.34. The van der Waals surface area contributed by atoms with Gasteiger partial charge in [-0.2, -0.15) is 0 Å². The summed E-state index contributed by atoms with van der Waals surface area (Å²) in [6.45, 7) is 0. The number of hydrogen-bond acceptors (Lipinski definition) is 5. The second kappa shape index (κ2) is 9.34. The number of aromatic nitrogens is 1. The summed E-state index contributed by atoms with van der Waals surface area (Å²) in [5.41, 5.74) is 2.40. The van der Waals surface area contributed by atoms with Gasteiger partial charge in [-0.1, -0.05) is 52.5 Å². The minimum atomic E-state index is -0.415. The van der Waals surface area contributed by atoms with Gasteiger partial charge in [0.2, 0.25) is 5.89 Å². The number of amides is 1. The molecule has 0 saturated heterocycles. The summed E-state index contributed by atoms with van der Waals surface area (Å²) in [5.74, 6) is -0.0498. The number of nitrogens with zero attached hydrogens (tertiary/aromatic N) is 1. The highest BCUT2D eigenvalue weighted by atomic mass is 35.5. The third kappa shape index (κ3) is 4.60. The van der Waals surface area contributed by atoms with Crippen molar-refractivity contribution in [1.29, 1.82) is 0 Å². The Morgan fingerprint density at radius 1 is 0.971 bits per heavy atom. The maximum atomic E-state index is 12.8. The van der Waals surface area contributed by atoms with Crippen LogP contribution in [0.2, 0.25) is 20.1 Å². The van der Waals surface area contributed by atoms with Crippen molar-refractivity contribution in [1.82, 2.24) is 10.3 Å². The lowest BCUT2D eigenvalue weighted by Crippen LogP contribution is -2.33. The normalized spacial score (nSPS) is 11.2. The van der Waals surface area contributed by atoms with Gasteiger partial charge in [-0.25, -0.2) is 4.98 Å². The Kier molecular flexibility index (Phi) is 6.41. The minimum Gasteiger partial charge on any atom is -0.436 e. The third-order valence-electron chi connectivity index (χ3n) is 4.83. The van der Waals surface area contributed by atoms with Gasteiger partial charge in [-0.3, -0.25) is 10.1 Å². The van der Waals surface area contributed by atoms with Crippen LogP contribution in [0.5, 0.6) is 0 Å². The van der Waals surface area contributed by atoms with Crippen molar-refractivity contribution < 1.29 is 9.21 Å². The van der Waals surface area contributed by atoms with Crippen molar-refractivity contribution >= 4 is 108 Å². The van der Waals surface area contributed by atoms with Crippen molar-refractivity contribution in [3.63, 3.8) is 0 Å². The molecule has 5 aromatic rings. The Hall–Kier alpha value is -2.39. The second-order valence-corrected chi connectivity index (χ2v) is 10.2. The van der Waals surface area contributed by atoms with Gasteiger partial charge in [-0.15, -0.1) is 11.3 Å². The highest BCUT2D eigenvalue weighted by molar-refractivity contribution is 7.80. The van der Waals surface area contributed by atoms with Gasteiger partial charge in [0.1, 0.15) is 10.4 Å². The molecule has 34 heavy (non-hydrogen) atoms. The van der Waals surface area contributed by atoms with Gasteiger partial charge in [0.15, 0.2) is 10.7 Å². The maximum Gasteiger partial charge on any atom is 0.269 e. The minimum absolute atomic E-state index is 0.111. The number of carbonyl (C=O) groups excluding carboxylic acids is 1. The fourth-order valence-corrected chi connectivity index (χ4v) is 5.68. The average molecular weight is 567 g/mol. The number of hydrogen-bond donors (Lipinski definition) is 2. The van der Waals surface area contributed by atoms with Gasteiger partial charge in [0.25, 0.3) is 5.91 Å². The smallest absolute Gasteiger partial charge is 0.269 e. The summed E-state index contributed by atoms with van der Waals surface area (Å²) in [4.78, 5) is 17.6. The zero-order chi connectivity index (χ0) is 24.0. The van der Waals surface area contributed by atoms with Crippen LogP contribution in [0.4, 0.5) is 5.69 Å². The summed E-state index contributed by atoms with van der Waals surface area (Å²) in [6, 6.07) is 15.6. The molecule has 1 amide bonds. The van der Waals surface area contributed by atoms with Gasteiger partial charge in [0.05, 0.1) is 15.6 Å². The summed E-state index contributed by atoms with van der Waals surface area (Å²) >= 11 is 31.2. The first-order valence-corrected chi connectivity index (χ1v) is 12.4. The predicted molar refractivity (Wildman–Crippen MR) is 145 cm³/mol. The largest absolute Gasteiger partial charge is 0.436 e. The molecule has 0 bridgehead atoms. The van der Waals surface area contributed by atoms with Gasteiger partial charge >= 0.3 is 0 Å². The number of carbonyl (C=O) groups is 1. The van der Waals surface area contributed by atoms with Crippen LogP contribution < -0.4 is 10.6 Å². The predicted octanol–water partition coefficient (Wildman–Crippen LogP) is 8.45. The molecular weight excluding hydrogens is 556 g/mol. The van der Waals surface area contributed by atoms with Crippen LogP contribution in [0, 0.1) is 0 Å². The van der Waals surface area contributed by atoms with Crippen LogP contribution in [-0.2, 0) is 0 Å². The molecule has 170 valence electrons. The molecule has 0 radical (unpaired) electrons. The molecule has 2 N–H and O–H groups in total. The number of oxazole rings is 1. The van der Waals surface area contributed by atoms with Crippen LogP contribution in [0.1, 0.15) is 9.67 Å². The summed E-state index contributed by atoms with van der Waals surface area (Å²) < 4.78 is 6.63. The van der Waals surface area contributed by atoms with E-state index in [4.69, 9.17) is 63.0 Å². The molecule has 0 atom stereocenters. The van der Waals surface area contributed by atoms with Crippen LogP contribution in [0.25, 0.3) is 32.6 Å². The number of thiophene rings is 1. The lowest BCUT2D eigenvalue weighted by atomic mass is 10.2. The molecule has 0 aliphatic rings. The van der Waals surface area contributed by atoms with E-state index >= 15 is 0 Å². The molecule has 0 fully saturated rings. The number of nitrogens with one attached hydrogen (secondary N) is 2. The SMILES string of the molecule is O=C(NC(=S)Nc1ccc2oc(-c3ccc(Cl)cc3Cl)nc2c1)c1sc2cc(Cl)ccc2c1Cl. The van der Waals surface area contributed by atoms with E-state index in [2.05, 4.69) is 15.6 Å². The van der Waals surface area contributed by atoms with E-state index in [1.165, 1.54) is 11.3 Å². The molecule has 2 heterocycles. The lowest BCUT2D eigenvalue weighted by Gasteiger charge is -2.08. The standard InChI is InChI=1S/C23H11Cl4N3O2S2/c24-10-1-4-13(15(26)7-10)22-29-16-9-12(3-6-17(16)32-22)28-23(33)30-21(31)20-19(27)14-5-2-11(25)8-18(14)34-20/h1-9H,(H2,28,30,31,33). The van der Waals surface area contributed by atoms with E-state index in [0.29, 0.717) is 53.2 Å². The van der Waals surface area contributed by atoms with Crippen LogP contribution in [0.3, 0.4) is 0 Å². The molecule has 0 unspecified atom stereocenters. The number of anilines is 1. The quantitative estimate of drug-likeness (QED) is 0.214. The number of fused-ring (bicyclic) bond motifs is 2. The number of halogens is 4. The first-order chi connectivity index (χ1) is 16.3. The molecule has 0 aliphatic heterocycles. The van der Waals surface area contributed by atoms with Crippen molar-refractivity contribution in [2.45, 2.75) is 0 Å². The zero-order valence-corrected chi connectivity index (χ0v) is 21.4. The van der Waals surface area contributed by atoms with Crippen molar-refractivity contribution in [3.05, 3.63) is 79.6 Å². The van der Waals surface area contributed by atoms with E-state index in [1.54, 1.807) is 54.6 Å². The Balaban J connectivity index is 1.33. The molecule has 11 heteroatoms. The summed E-state index contributed by atoms with van der Waals surface area (Å²) in [5, 5.41) is 8.38. The molecule has 0 aliphatic carbocycles. The van der Waals surface area contributed by atoms with Crippen LogP contribution >= 0.6 is 70.0 Å². The summed E-state index contributed by atoms with van der Waals surface area (Å²) in [7, 11) is 0. The van der Waals surface area contributed by atoms with E-state index in [9.17, 15) is 4.79 Å². The Morgan fingerprint density at radius 3 is 2.53 bits per heavy atom. The van der Waals surface area contributed by atoms with Gasteiger partial charge in [0, 0.05) is 25.8 Å².